The SMILES string of the molecule is CC1CCCN(c2cc(B(O)O)c(F)cn2)C1. The van der Waals surface area contributed by atoms with Crippen LogP contribution in [-0.4, -0.2) is 35.2 Å². The summed E-state index contributed by atoms with van der Waals surface area (Å²) < 4.78 is 13.3. The van der Waals surface area contributed by atoms with Gasteiger partial charge in [-0.25, -0.2) is 9.37 Å². The first-order chi connectivity index (χ1) is 8.08. The minimum Gasteiger partial charge on any atom is -0.423 e. The molecule has 1 aliphatic rings. The van der Waals surface area contributed by atoms with Gasteiger partial charge in [-0.1, -0.05) is 6.92 Å². The maximum absolute atomic E-state index is 13.3. The topological polar surface area (TPSA) is 56.6 Å². The van der Waals surface area contributed by atoms with Crippen LogP contribution in [-0.2, 0) is 0 Å². The molecule has 1 aromatic heterocycles. The Bertz CT molecular complexity index is 403. The van der Waals surface area contributed by atoms with Crippen LogP contribution in [0, 0.1) is 11.7 Å². The molecule has 1 fully saturated rings. The summed E-state index contributed by atoms with van der Waals surface area (Å²) in [4.78, 5) is 6.06. The van der Waals surface area contributed by atoms with Gasteiger partial charge in [0, 0.05) is 18.6 Å². The fraction of sp³-hybridized carbons (Fsp3) is 0.545. The summed E-state index contributed by atoms with van der Waals surface area (Å²) in [5.74, 6) is 0.507. The van der Waals surface area contributed by atoms with Crippen molar-refractivity contribution in [1.29, 1.82) is 0 Å². The summed E-state index contributed by atoms with van der Waals surface area (Å²) in [5, 5.41) is 18.1. The van der Waals surface area contributed by atoms with E-state index in [1.165, 1.54) is 12.5 Å². The molecule has 0 amide bonds. The molecule has 0 radical (unpaired) electrons. The van der Waals surface area contributed by atoms with Crippen LogP contribution in [0.1, 0.15) is 19.8 Å². The van der Waals surface area contributed by atoms with Crippen molar-refractivity contribution < 1.29 is 14.4 Å². The molecule has 0 bridgehead atoms. The number of aromatic nitrogens is 1. The molecule has 0 spiro atoms. The van der Waals surface area contributed by atoms with Crippen LogP contribution >= 0.6 is 0 Å². The zero-order chi connectivity index (χ0) is 12.4. The molecule has 6 heteroatoms. The highest BCUT2D eigenvalue weighted by Gasteiger charge is 2.22. The quantitative estimate of drug-likeness (QED) is 0.719. The smallest absolute Gasteiger partial charge is 0.423 e. The number of pyridine rings is 1. The van der Waals surface area contributed by atoms with E-state index >= 15 is 0 Å². The van der Waals surface area contributed by atoms with Crippen molar-refractivity contribution in [2.24, 2.45) is 5.92 Å². The minimum absolute atomic E-state index is 0.117. The van der Waals surface area contributed by atoms with Gasteiger partial charge >= 0.3 is 7.12 Å². The summed E-state index contributed by atoms with van der Waals surface area (Å²) in [6, 6.07) is 1.41. The third-order valence-electron chi connectivity index (χ3n) is 3.13. The lowest BCUT2D eigenvalue weighted by atomic mass is 9.80. The van der Waals surface area contributed by atoms with Gasteiger partial charge in [0.1, 0.15) is 11.6 Å². The Kier molecular flexibility index (Phi) is 3.64. The maximum atomic E-state index is 13.3. The van der Waals surface area contributed by atoms with Gasteiger partial charge in [0.2, 0.25) is 0 Å². The van der Waals surface area contributed by atoms with E-state index in [2.05, 4.69) is 16.8 Å². The lowest BCUT2D eigenvalue weighted by molar-refractivity contribution is 0.422. The molecule has 1 aliphatic heterocycles. The first-order valence-electron chi connectivity index (χ1n) is 5.84. The van der Waals surface area contributed by atoms with Gasteiger partial charge in [0.05, 0.1) is 6.20 Å². The van der Waals surface area contributed by atoms with E-state index in [-0.39, 0.29) is 5.46 Å². The molecule has 1 atom stereocenters. The Morgan fingerprint density at radius 1 is 1.53 bits per heavy atom. The number of rotatable bonds is 2. The highest BCUT2D eigenvalue weighted by Crippen LogP contribution is 2.20. The highest BCUT2D eigenvalue weighted by molar-refractivity contribution is 6.58. The van der Waals surface area contributed by atoms with Crippen molar-refractivity contribution in [3.63, 3.8) is 0 Å². The predicted molar refractivity (Wildman–Crippen MR) is 64.6 cm³/mol. The van der Waals surface area contributed by atoms with Gasteiger partial charge in [0.15, 0.2) is 0 Å². The second-order valence-electron chi connectivity index (χ2n) is 4.63. The predicted octanol–water partition coefficient (Wildman–Crippen LogP) is 0.137. The molecule has 1 unspecified atom stereocenters. The van der Waals surface area contributed by atoms with Crippen LogP contribution in [0.5, 0.6) is 0 Å². The molecule has 2 N–H and O–H groups in total. The molecule has 0 saturated carbocycles. The average Bonchev–Trinajstić information content (AvgIpc) is 2.29. The molecule has 1 aromatic rings. The summed E-state index contributed by atoms with van der Waals surface area (Å²) in [5.41, 5.74) is -0.117. The Hall–Kier alpha value is -1.14. The summed E-state index contributed by atoms with van der Waals surface area (Å²) in [6.07, 6.45) is 3.31. The normalized spacial score (nSPS) is 20.5. The number of halogens is 1. The Morgan fingerprint density at radius 3 is 2.94 bits per heavy atom. The van der Waals surface area contributed by atoms with Gasteiger partial charge in [-0.2, -0.15) is 0 Å². The van der Waals surface area contributed by atoms with E-state index in [4.69, 9.17) is 10.0 Å². The fourth-order valence-corrected chi connectivity index (χ4v) is 2.21. The molecule has 0 aromatic carbocycles. The van der Waals surface area contributed by atoms with Crippen molar-refractivity contribution in [2.75, 3.05) is 18.0 Å². The van der Waals surface area contributed by atoms with Crippen LogP contribution in [0.3, 0.4) is 0 Å². The van der Waals surface area contributed by atoms with Crippen LogP contribution in [0.2, 0.25) is 0 Å². The number of anilines is 1. The Morgan fingerprint density at radius 2 is 2.29 bits per heavy atom. The van der Waals surface area contributed by atoms with Crippen molar-refractivity contribution in [3.8, 4) is 0 Å². The minimum atomic E-state index is -1.79. The van der Waals surface area contributed by atoms with Gasteiger partial charge in [-0.3, -0.25) is 0 Å². The van der Waals surface area contributed by atoms with Gasteiger partial charge < -0.3 is 14.9 Å². The molecule has 17 heavy (non-hydrogen) atoms. The first-order valence-corrected chi connectivity index (χ1v) is 5.84. The van der Waals surface area contributed by atoms with Crippen molar-refractivity contribution in [3.05, 3.63) is 18.1 Å². The number of nitrogens with zero attached hydrogens (tertiary/aromatic N) is 2. The van der Waals surface area contributed by atoms with E-state index in [1.807, 2.05) is 0 Å². The fourth-order valence-electron chi connectivity index (χ4n) is 2.21. The maximum Gasteiger partial charge on any atom is 0.491 e. The molecule has 2 rings (SSSR count). The van der Waals surface area contributed by atoms with Crippen molar-refractivity contribution in [2.45, 2.75) is 19.8 Å². The molecule has 0 aliphatic carbocycles. The highest BCUT2D eigenvalue weighted by atomic mass is 19.1. The van der Waals surface area contributed by atoms with E-state index < -0.39 is 12.9 Å². The lowest BCUT2D eigenvalue weighted by Gasteiger charge is -2.32. The summed E-state index contributed by atoms with van der Waals surface area (Å²) in [7, 11) is -1.79. The van der Waals surface area contributed by atoms with Crippen molar-refractivity contribution in [1.82, 2.24) is 4.98 Å². The first kappa shape index (κ1) is 12.3. The zero-order valence-electron chi connectivity index (χ0n) is 9.80. The van der Waals surface area contributed by atoms with Crippen LogP contribution in [0.4, 0.5) is 10.2 Å². The Balaban J connectivity index is 2.23. The van der Waals surface area contributed by atoms with Gasteiger partial charge in [-0.15, -0.1) is 0 Å². The second-order valence-corrected chi connectivity index (χ2v) is 4.63. The molecule has 92 valence electrons. The monoisotopic (exact) mass is 238 g/mol. The standard InChI is InChI=1S/C11H16BFN2O2/c1-8-3-2-4-15(7-8)11-5-9(12(16)17)10(13)6-14-11/h5-6,8,16-17H,2-4,7H2,1H3. The molecular formula is C11H16BFN2O2. The molecular weight excluding hydrogens is 222 g/mol. The largest absolute Gasteiger partial charge is 0.491 e. The van der Waals surface area contributed by atoms with Crippen molar-refractivity contribution >= 4 is 18.4 Å². The number of hydrogen-bond donors (Lipinski definition) is 2. The van der Waals surface area contributed by atoms with E-state index in [0.717, 1.165) is 25.7 Å². The van der Waals surface area contributed by atoms with Crippen LogP contribution < -0.4 is 10.4 Å². The van der Waals surface area contributed by atoms with Crippen LogP contribution in [0.25, 0.3) is 0 Å². The Labute approximate surface area is 100 Å². The summed E-state index contributed by atoms with van der Waals surface area (Å²) in [6.45, 7) is 3.92. The van der Waals surface area contributed by atoms with Gasteiger partial charge in [-0.05, 0) is 24.8 Å². The molecule has 1 saturated heterocycles. The number of hydrogen-bond acceptors (Lipinski definition) is 4. The third-order valence-corrected chi connectivity index (χ3v) is 3.13. The number of piperidine rings is 1. The second kappa shape index (κ2) is 5.02. The summed E-state index contributed by atoms with van der Waals surface area (Å²) >= 11 is 0. The molecule has 4 nitrogen and oxygen atoms in total. The zero-order valence-corrected chi connectivity index (χ0v) is 9.80. The van der Waals surface area contributed by atoms with E-state index in [0.29, 0.717) is 11.7 Å². The van der Waals surface area contributed by atoms with E-state index in [1.54, 1.807) is 0 Å². The third kappa shape index (κ3) is 2.76. The molecule has 2 heterocycles. The average molecular weight is 238 g/mol. The van der Waals surface area contributed by atoms with Gasteiger partial charge in [0.25, 0.3) is 0 Å². The van der Waals surface area contributed by atoms with Crippen LogP contribution in [0.15, 0.2) is 12.3 Å². The van der Waals surface area contributed by atoms with E-state index in [9.17, 15) is 4.39 Å². The lowest BCUT2D eigenvalue weighted by Crippen LogP contribution is -2.38.